The van der Waals surface area contributed by atoms with Crippen molar-refractivity contribution >= 4 is 0 Å². The first kappa shape index (κ1) is 11.3. The molecule has 78 valence electrons. The van der Waals surface area contributed by atoms with Gasteiger partial charge in [0.1, 0.15) is 0 Å². The molecule has 0 aliphatic rings. The average molecular weight is 191 g/mol. The van der Waals surface area contributed by atoms with Gasteiger partial charge in [0, 0.05) is 12.6 Å². The van der Waals surface area contributed by atoms with Crippen molar-refractivity contribution in [2.24, 2.45) is 0 Å². The molecule has 1 N–H and O–H groups in total. The maximum Gasteiger partial charge on any atom is 0.0208 e. The molecule has 0 bridgehead atoms. The Morgan fingerprint density at radius 3 is 2.21 bits per heavy atom. The lowest BCUT2D eigenvalue weighted by molar-refractivity contribution is 0.534. The van der Waals surface area contributed by atoms with E-state index >= 15 is 0 Å². The third-order valence-corrected chi connectivity index (χ3v) is 2.55. The van der Waals surface area contributed by atoms with E-state index in [0.29, 0.717) is 6.04 Å². The van der Waals surface area contributed by atoms with E-state index in [2.05, 4.69) is 51.2 Å². The number of benzene rings is 1. The first-order valence-electron chi connectivity index (χ1n) is 5.42. The maximum atomic E-state index is 3.50. The Balaban J connectivity index is 2.58. The van der Waals surface area contributed by atoms with Crippen LogP contribution in [0.2, 0.25) is 0 Å². The van der Waals surface area contributed by atoms with E-state index in [-0.39, 0.29) is 0 Å². The second-order valence-corrected chi connectivity index (χ2v) is 4.19. The van der Waals surface area contributed by atoms with Gasteiger partial charge in [-0.05, 0) is 32.8 Å². The van der Waals surface area contributed by atoms with Crippen LogP contribution in [0.3, 0.4) is 0 Å². The molecule has 1 nitrogen and oxygen atoms in total. The lowest BCUT2D eigenvalue weighted by Crippen LogP contribution is -2.24. The minimum absolute atomic E-state index is 0.607. The van der Waals surface area contributed by atoms with Crippen LogP contribution in [-0.4, -0.2) is 6.04 Å². The Morgan fingerprint density at radius 2 is 1.71 bits per heavy atom. The zero-order valence-electron chi connectivity index (χ0n) is 9.72. The summed E-state index contributed by atoms with van der Waals surface area (Å²) in [6.07, 6.45) is 1.19. The lowest BCUT2D eigenvalue weighted by Gasteiger charge is -2.12. The van der Waals surface area contributed by atoms with Crippen LogP contribution in [0.4, 0.5) is 0 Å². The fourth-order valence-electron chi connectivity index (χ4n) is 1.61. The molecular formula is C13H21N. The van der Waals surface area contributed by atoms with Gasteiger partial charge in [-0.2, -0.15) is 0 Å². The first-order chi connectivity index (χ1) is 6.61. The van der Waals surface area contributed by atoms with Crippen LogP contribution in [0.15, 0.2) is 18.2 Å². The molecule has 1 heteroatoms. The van der Waals surface area contributed by atoms with Crippen molar-refractivity contribution in [2.75, 3.05) is 0 Å². The van der Waals surface area contributed by atoms with E-state index < -0.39 is 0 Å². The van der Waals surface area contributed by atoms with E-state index in [1.54, 1.807) is 0 Å². The molecule has 0 spiro atoms. The quantitative estimate of drug-likeness (QED) is 0.770. The van der Waals surface area contributed by atoms with Crippen LogP contribution in [-0.2, 0) is 6.54 Å². The number of hydrogen-bond acceptors (Lipinski definition) is 1. The third kappa shape index (κ3) is 3.51. The smallest absolute Gasteiger partial charge is 0.0208 e. The molecule has 0 radical (unpaired) electrons. The summed E-state index contributed by atoms with van der Waals surface area (Å²) in [7, 11) is 0. The molecule has 0 heterocycles. The molecule has 0 amide bonds. The second-order valence-electron chi connectivity index (χ2n) is 4.19. The summed E-state index contributed by atoms with van der Waals surface area (Å²) in [6, 6.07) is 7.33. The van der Waals surface area contributed by atoms with Gasteiger partial charge in [-0.1, -0.05) is 36.2 Å². The van der Waals surface area contributed by atoms with Crippen molar-refractivity contribution in [3.05, 3.63) is 34.9 Å². The van der Waals surface area contributed by atoms with Gasteiger partial charge in [0.05, 0.1) is 0 Å². The van der Waals surface area contributed by atoms with Crippen molar-refractivity contribution in [1.29, 1.82) is 0 Å². The van der Waals surface area contributed by atoms with E-state index in [9.17, 15) is 0 Å². The van der Waals surface area contributed by atoms with Crippen LogP contribution in [0.5, 0.6) is 0 Å². The number of hydrogen-bond donors (Lipinski definition) is 1. The molecule has 0 saturated heterocycles. The standard InChI is InChI=1S/C13H21N/c1-5-12(4)14-9-13-7-10(2)6-11(3)8-13/h6-8,12,14H,5,9H2,1-4H3/t12-/m0/s1. The summed E-state index contributed by atoms with van der Waals surface area (Å²) in [5.41, 5.74) is 4.10. The van der Waals surface area contributed by atoms with Crippen molar-refractivity contribution in [2.45, 2.75) is 46.7 Å². The summed E-state index contributed by atoms with van der Waals surface area (Å²) in [4.78, 5) is 0. The Morgan fingerprint density at radius 1 is 1.14 bits per heavy atom. The van der Waals surface area contributed by atoms with Crippen LogP contribution < -0.4 is 5.32 Å². The molecule has 1 aromatic rings. The summed E-state index contributed by atoms with van der Waals surface area (Å²) in [5, 5.41) is 3.50. The largest absolute Gasteiger partial charge is 0.310 e. The van der Waals surface area contributed by atoms with Crippen molar-refractivity contribution < 1.29 is 0 Å². The van der Waals surface area contributed by atoms with Crippen LogP contribution in [0.1, 0.15) is 37.0 Å². The lowest BCUT2D eigenvalue weighted by atomic mass is 10.1. The van der Waals surface area contributed by atoms with Crippen molar-refractivity contribution in [3.63, 3.8) is 0 Å². The van der Waals surface area contributed by atoms with Gasteiger partial charge in [-0.3, -0.25) is 0 Å². The highest BCUT2D eigenvalue weighted by Crippen LogP contribution is 2.08. The zero-order valence-corrected chi connectivity index (χ0v) is 9.72. The molecule has 0 unspecified atom stereocenters. The van der Waals surface area contributed by atoms with Crippen LogP contribution >= 0.6 is 0 Å². The predicted molar refractivity (Wildman–Crippen MR) is 62.5 cm³/mol. The SMILES string of the molecule is CC[C@H](C)NCc1cc(C)cc(C)c1. The summed E-state index contributed by atoms with van der Waals surface area (Å²) < 4.78 is 0. The molecule has 0 aromatic heterocycles. The number of rotatable bonds is 4. The molecule has 0 aliphatic carbocycles. The number of nitrogens with one attached hydrogen (secondary N) is 1. The highest BCUT2D eigenvalue weighted by molar-refractivity contribution is 5.28. The molecule has 1 atom stereocenters. The Hall–Kier alpha value is -0.820. The van der Waals surface area contributed by atoms with Crippen LogP contribution in [0, 0.1) is 13.8 Å². The van der Waals surface area contributed by atoms with Gasteiger partial charge in [-0.25, -0.2) is 0 Å². The Bertz CT molecular complexity index is 271. The third-order valence-electron chi connectivity index (χ3n) is 2.55. The van der Waals surface area contributed by atoms with Crippen LogP contribution in [0.25, 0.3) is 0 Å². The molecule has 0 aliphatic heterocycles. The van der Waals surface area contributed by atoms with Gasteiger partial charge in [0.25, 0.3) is 0 Å². The van der Waals surface area contributed by atoms with Gasteiger partial charge < -0.3 is 5.32 Å². The molecule has 14 heavy (non-hydrogen) atoms. The van der Waals surface area contributed by atoms with E-state index in [4.69, 9.17) is 0 Å². The van der Waals surface area contributed by atoms with E-state index in [0.717, 1.165) is 6.54 Å². The normalized spacial score (nSPS) is 12.9. The highest BCUT2D eigenvalue weighted by Gasteiger charge is 1.99. The molecule has 0 saturated carbocycles. The topological polar surface area (TPSA) is 12.0 Å². The fraction of sp³-hybridized carbons (Fsp3) is 0.538. The molecule has 0 fully saturated rings. The minimum Gasteiger partial charge on any atom is -0.310 e. The molecular weight excluding hydrogens is 170 g/mol. The first-order valence-corrected chi connectivity index (χ1v) is 5.42. The van der Waals surface area contributed by atoms with Gasteiger partial charge in [0.15, 0.2) is 0 Å². The zero-order chi connectivity index (χ0) is 10.6. The fourth-order valence-corrected chi connectivity index (χ4v) is 1.61. The Labute approximate surface area is 87.5 Å². The molecule has 1 aromatic carbocycles. The summed E-state index contributed by atoms with van der Waals surface area (Å²) in [6.45, 7) is 9.72. The predicted octanol–water partition coefficient (Wildman–Crippen LogP) is 3.19. The average Bonchev–Trinajstić information content (AvgIpc) is 2.12. The van der Waals surface area contributed by atoms with E-state index in [1.165, 1.54) is 23.1 Å². The highest BCUT2D eigenvalue weighted by atomic mass is 14.9. The maximum absolute atomic E-state index is 3.50. The monoisotopic (exact) mass is 191 g/mol. The second kappa shape index (κ2) is 5.16. The summed E-state index contributed by atoms with van der Waals surface area (Å²) >= 11 is 0. The van der Waals surface area contributed by atoms with Crippen molar-refractivity contribution in [1.82, 2.24) is 5.32 Å². The van der Waals surface area contributed by atoms with Crippen molar-refractivity contribution in [3.8, 4) is 0 Å². The van der Waals surface area contributed by atoms with E-state index in [1.807, 2.05) is 0 Å². The van der Waals surface area contributed by atoms with Gasteiger partial charge >= 0.3 is 0 Å². The number of aryl methyl sites for hydroxylation is 2. The summed E-state index contributed by atoms with van der Waals surface area (Å²) in [5.74, 6) is 0. The van der Waals surface area contributed by atoms with Gasteiger partial charge in [-0.15, -0.1) is 0 Å². The molecule has 1 rings (SSSR count). The minimum atomic E-state index is 0.607. The Kier molecular flexibility index (Phi) is 4.15. The van der Waals surface area contributed by atoms with Gasteiger partial charge in [0.2, 0.25) is 0 Å².